The molecule has 1 aromatic rings. The number of aromatic nitrogens is 1. The SMILES string of the molecule is CCC(C#N)S(=O)(=O)Nc1cc(Cl)ccn1. The summed E-state index contributed by atoms with van der Waals surface area (Å²) in [7, 11) is -3.72. The van der Waals surface area contributed by atoms with Gasteiger partial charge in [-0.3, -0.25) is 4.72 Å². The normalized spacial score (nSPS) is 12.8. The molecule has 86 valence electrons. The maximum Gasteiger partial charge on any atom is 0.250 e. The van der Waals surface area contributed by atoms with Crippen LogP contribution in [0.4, 0.5) is 5.82 Å². The van der Waals surface area contributed by atoms with Crippen LogP contribution in [0.2, 0.25) is 5.02 Å². The van der Waals surface area contributed by atoms with E-state index in [-0.39, 0.29) is 12.2 Å². The molecule has 0 radical (unpaired) electrons. The molecule has 7 heteroatoms. The van der Waals surface area contributed by atoms with Crippen LogP contribution in [-0.4, -0.2) is 18.7 Å². The molecule has 5 nitrogen and oxygen atoms in total. The van der Waals surface area contributed by atoms with Gasteiger partial charge in [-0.15, -0.1) is 0 Å². The molecule has 0 fully saturated rings. The summed E-state index contributed by atoms with van der Waals surface area (Å²) in [5.74, 6) is 0.112. The van der Waals surface area contributed by atoms with Crippen molar-refractivity contribution in [3.63, 3.8) is 0 Å². The summed E-state index contributed by atoms with van der Waals surface area (Å²) in [6.45, 7) is 1.62. The number of hydrogen-bond donors (Lipinski definition) is 1. The zero-order valence-electron chi connectivity index (χ0n) is 8.51. The number of hydrogen-bond acceptors (Lipinski definition) is 4. The molecule has 0 saturated carbocycles. The molecule has 0 aromatic carbocycles. The van der Waals surface area contributed by atoms with Crippen LogP contribution < -0.4 is 4.72 Å². The molecule has 1 heterocycles. The highest BCUT2D eigenvalue weighted by Crippen LogP contribution is 2.15. The topological polar surface area (TPSA) is 82.8 Å². The van der Waals surface area contributed by atoms with E-state index >= 15 is 0 Å². The third kappa shape index (κ3) is 3.08. The van der Waals surface area contributed by atoms with Crippen molar-refractivity contribution in [1.29, 1.82) is 5.26 Å². The lowest BCUT2D eigenvalue weighted by Gasteiger charge is -2.10. The summed E-state index contributed by atoms with van der Waals surface area (Å²) in [5.41, 5.74) is 0. The van der Waals surface area contributed by atoms with Crippen molar-refractivity contribution in [2.45, 2.75) is 18.6 Å². The number of nitrogens with zero attached hydrogens (tertiary/aromatic N) is 2. The molecular weight excluding hydrogens is 250 g/mol. The number of halogens is 1. The maximum absolute atomic E-state index is 11.7. The van der Waals surface area contributed by atoms with Crippen LogP contribution in [0.1, 0.15) is 13.3 Å². The molecular formula is C9H10ClN3O2S. The van der Waals surface area contributed by atoms with E-state index in [1.807, 2.05) is 0 Å². The van der Waals surface area contributed by atoms with Gasteiger partial charge in [0, 0.05) is 17.3 Å². The molecule has 0 saturated heterocycles. The van der Waals surface area contributed by atoms with Crippen molar-refractivity contribution in [2.24, 2.45) is 0 Å². The van der Waals surface area contributed by atoms with Gasteiger partial charge in [0.2, 0.25) is 10.0 Å². The largest absolute Gasteiger partial charge is 0.266 e. The molecule has 0 aliphatic rings. The minimum Gasteiger partial charge on any atom is -0.266 e. The Hall–Kier alpha value is -1.32. The van der Waals surface area contributed by atoms with E-state index < -0.39 is 15.3 Å². The fourth-order valence-corrected chi connectivity index (χ4v) is 2.34. The van der Waals surface area contributed by atoms with Gasteiger partial charge >= 0.3 is 0 Å². The number of sulfonamides is 1. The van der Waals surface area contributed by atoms with Crippen molar-refractivity contribution in [2.75, 3.05) is 4.72 Å². The van der Waals surface area contributed by atoms with Crippen molar-refractivity contribution >= 4 is 27.4 Å². The fourth-order valence-electron chi connectivity index (χ4n) is 1.06. The molecule has 16 heavy (non-hydrogen) atoms. The van der Waals surface area contributed by atoms with E-state index in [0.717, 1.165) is 0 Å². The van der Waals surface area contributed by atoms with Crippen molar-refractivity contribution < 1.29 is 8.42 Å². The van der Waals surface area contributed by atoms with Gasteiger partial charge in [0.25, 0.3) is 0 Å². The number of nitriles is 1. The van der Waals surface area contributed by atoms with E-state index in [2.05, 4.69) is 9.71 Å². The monoisotopic (exact) mass is 259 g/mol. The van der Waals surface area contributed by atoms with Crippen LogP contribution in [-0.2, 0) is 10.0 Å². The smallest absolute Gasteiger partial charge is 0.250 e. The first-order chi connectivity index (χ1) is 7.49. The molecule has 1 unspecified atom stereocenters. The predicted molar refractivity (Wildman–Crippen MR) is 61.5 cm³/mol. The summed E-state index contributed by atoms with van der Waals surface area (Å²) in [6, 6.07) is 4.62. The van der Waals surface area contributed by atoms with Gasteiger partial charge in [-0.1, -0.05) is 18.5 Å². The lowest BCUT2D eigenvalue weighted by molar-refractivity contribution is 0.592. The van der Waals surface area contributed by atoms with Crippen molar-refractivity contribution in [3.05, 3.63) is 23.4 Å². The second-order valence-corrected chi connectivity index (χ2v) is 5.33. The number of nitrogens with one attached hydrogen (secondary N) is 1. The van der Waals surface area contributed by atoms with Crippen LogP contribution in [0, 0.1) is 11.3 Å². The summed E-state index contributed by atoms with van der Waals surface area (Å²) >= 11 is 5.68. The Bertz CT molecular complexity index is 510. The van der Waals surface area contributed by atoms with Gasteiger partial charge in [0.1, 0.15) is 5.82 Å². The Kier molecular flexibility index (Phi) is 4.10. The molecule has 0 aliphatic heterocycles. The first-order valence-electron chi connectivity index (χ1n) is 4.52. The highest BCUT2D eigenvalue weighted by Gasteiger charge is 2.23. The molecule has 1 rings (SSSR count). The Morgan fingerprint density at radius 3 is 2.88 bits per heavy atom. The van der Waals surface area contributed by atoms with Crippen LogP contribution >= 0.6 is 11.6 Å². The maximum atomic E-state index is 11.7. The van der Waals surface area contributed by atoms with Crippen LogP contribution in [0.3, 0.4) is 0 Å². The van der Waals surface area contributed by atoms with Gasteiger partial charge in [0.05, 0.1) is 6.07 Å². The highest BCUT2D eigenvalue weighted by atomic mass is 35.5. The van der Waals surface area contributed by atoms with Crippen LogP contribution in [0.25, 0.3) is 0 Å². The second kappa shape index (κ2) is 5.14. The van der Waals surface area contributed by atoms with E-state index in [0.29, 0.717) is 5.02 Å². The first kappa shape index (κ1) is 12.7. The molecule has 0 aliphatic carbocycles. The molecule has 0 bridgehead atoms. The Morgan fingerprint density at radius 1 is 1.69 bits per heavy atom. The van der Waals surface area contributed by atoms with E-state index in [4.69, 9.17) is 16.9 Å². The molecule has 1 aromatic heterocycles. The number of anilines is 1. The summed E-state index contributed by atoms with van der Waals surface area (Å²) < 4.78 is 25.5. The van der Waals surface area contributed by atoms with E-state index in [9.17, 15) is 8.42 Å². The van der Waals surface area contributed by atoms with Gasteiger partial charge in [-0.25, -0.2) is 13.4 Å². The van der Waals surface area contributed by atoms with E-state index in [1.54, 1.807) is 13.0 Å². The number of pyridine rings is 1. The van der Waals surface area contributed by atoms with Crippen molar-refractivity contribution in [1.82, 2.24) is 4.98 Å². The van der Waals surface area contributed by atoms with Crippen LogP contribution in [0.15, 0.2) is 18.3 Å². The minimum atomic E-state index is -3.72. The average molecular weight is 260 g/mol. The Balaban J connectivity index is 2.94. The van der Waals surface area contributed by atoms with Crippen molar-refractivity contribution in [3.8, 4) is 6.07 Å². The average Bonchev–Trinajstić information content (AvgIpc) is 2.18. The van der Waals surface area contributed by atoms with Gasteiger partial charge in [0.15, 0.2) is 5.25 Å². The predicted octanol–water partition coefficient (Wildman–Crippen LogP) is 1.78. The zero-order valence-corrected chi connectivity index (χ0v) is 10.1. The lowest BCUT2D eigenvalue weighted by atomic mass is 10.4. The number of rotatable bonds is 4. The summed E-state index contributed by atoms with van der Waals surface area (Å²) in [4.78, 5) is 3.79. The highest BCUT2D eigenvalue weighted by molar-refractivity contribution is 7.93. The summed E-state index contributed by atoms with van der Waals surface area (Å²) in [5, 5.41) is 7.96. The standard InChI is InChI=1S/C9H10ClN3O2S/c1-2-8(6-11)16(14,15)13-9-5-7(10)3-4-12-9/h3-5,8H,2H2,1H3,(H,12,13). The van der Waals surface area contributed by atoms with E-state index in [1.165, 1.54) is 18.3 Å². The molecule has 0 amide bonds. The minimum absolute atomic E-state index is 0.112. The molecule has 0 spiro atoms. The summed E-state index contributed by atoms with van der Waals surface area (Å²) in [6.07, 6.45) is 1.60. The fraction of sp³-hybridized carbons (Fsp3) is 0.333. The molecule has 1 atom stereocenters. The first-order valence-corrected chi connectivity index (χ1v) is 6.45. The molecule has 1 N–H and O–H groups in total. The van der Waals surface area contributed by atoms with Crippen LogP contribution in [0.5, 0.6) is 0 Å². The van der Waals surface area contributed by atoms with Gasteiger partial charge in [-0.2, -0.15) is 5.26 Å². The van der Waals surface area contributed by atoms with Gasteiger partial charge < -0.3 is 0 Å². The third-order valence-corrected chi connectivity index (χ3v) is 3.77. The Labute approximate surface area is 99.1 Å². The Morgan fingerprint density at radius 2 is 2.38 bits per heavy atom. The lowest BCUT2D eigenvalue weighted by Crippen LogP contribution is -2.26. The second-order valence-electron chi connectivity index (χ2n) is 3.03. The van der Waals surface area contributed by atoms with Gasteiger partial charge in [-0.05, 0) is 12.5 Å². The third-order valence-electron chi connectivity index (χ3n) is 1.86. The quantitative estimate of drug-likeness (QED) is 0.893. The zero-order chi connectivity index (χ0) is 12.2.